The zero-order chi connectivity index (χ0) is 17.7. The van der Waals surface area contributed by atoms with Gasteiger partial charge in [-0.25, -0.2) is 15.0 Å². The van der Waals surface area contributed by atoms with Gasteiger partial charge in [-0.05, 0) is 30.0 Å². The van der Waals surface area contributed by atoms with E-state index in [2.05, 4.69) is 56.1 Å². The Hall–Kier alpha value is -3.02. The van der Waals surface area contributed by atoms with E-state index in [4.69, 9.17) is 0 Å². The highest BCUT2D eigenvalue weighted by Gasteiger charge is 2.25. The Morgan fingerprint density at radius 1 is 1.12 bits per heavy atom. The average Bonchev–Trinajstić information content (AvgIpc) is 3.25. The summed E-state index contributed by atoms with van der Waals surface area (Å²) in [6.45, 7) is 4.41. The first kappa shape index (κ1) is 15.3. The number of fused-ring (bicyclic) bond motifs is 1. The highest BCUT2D eigenvalue weighted by atomic mass is 15.2. The van der Waals surface area contributed by atoms with Crippen molar-refractivity contribution in [2.75, 3.05) is 18.0 Å². The van der Waals surface area contributed by atoms with Crippen LogP contribution in [0.25, 0.3) is 11.1 Å². The van der Waals surface area contributed by atoms with Crippen molar-refractivity contribution in [3.8, 4) is 11.1 Å². The van der Waals surface area contributed by atoms with E-state index < -0.39 is 0 Å². The highest BCUT2D eigenvalue weighted by Crippen LogP contribution is 2.36. The fourth-order valence-corrected chi connectivity index (χ4v) is 3.69. The Bertz CT molecular complexity index is 1020. The van der Waals surface area contributed by atoms with Crippen molar-refractivity contribution in [3.05, 3.63) is 54.2 Å². The fraction of sp³-hybridized carbons (Fsp3) is 0.300. The van der Waals surface area contributed by atoms with Crippen molar-refractivity contribution in [1.29, 1.82) is 0 Å². The number of benzene rings is 1. The summed E-state index contributed by atoms with van der Waals surface area (Å²) in [5, 5.41) is 4.26. The minimum atomic E-state index is 0.720. The molecule has 130 valence electrons. The van der Waals surface area contributed by atoms with E-state index >= 15 is 0 Å². The first-order valence-electron chi connectivity index (χ1n) is 8.97. The van der Waals surface area contributed by atoms with Crippen LogP contribution in [0.3, 0.4) is 0 Å². The van der Waals surface area contributed by atoms with Crippen LogP contribution in [0.15, 0.2) is 48.0 Å². The van der Waals surface area contributed by atoms with E-state index in [0.29, 0.717) is 0 Å². The summed E-state index contributed by atoms with van der Waals surface area (Å²) in [5.74, 6) is 1.72. The maximum absolute atomic E-state index is 4.66. The number of aryl methyl sites for hydroxylation is 1. The lowest BCUT2D eigenvalue weighted by atomic mass is 9.95. The monoisotopic (exact) mass is 344 g/mol. The maximum atomic E-state index is 4.66. The molecule has 2 aromatic heterocycles. The molecular formula is C20H20N6. The molecule has 5 rings (SSSR count). The minimum absolute atomic E-state index is 0.720. The van der Waals surface area contributed by atoms with Crippen LogP contribution in [0, 0.1) is 5.92 Å². The van der Waals surface area contributed by atoms with Crippen LogP contribution in [-0.4, -0.2) is 38.5 Å². The number of aliphatic imine (C=N–C) groups is 1. The molecular weight excluding hydrogens is 324 g/mol. The molecule has 6 heteroatoms. The Morgan fingerprint density at radius 2 is 2.04 bits per heavy atom. The van der Waals surface area contributed by atoms with E-state index in [9.17, 15) is 0 Å². The Morgan fingerprint density at radius 3 is 2.81 bits per heavy atom. The molecule has 0 radical (unpaired) electrons. The second kappa shape index (κ2) is 5.76. The first-order chi connectivity index (χ1) is 12.7. The van der Waals surface area contributed by atoms with Gasteiger partial charge in [0.1, 0.15) is 12.1 Å². The molecule has 0 amide bonds. The van der Waals surface area contributed by atoms with E-state index in [1.54, 1.807) is 6.33 Å². The van der Waals surface area contributed by atoms with E-state index in [1.165, 1.54) is 6.42 Å². The molecule has 26 heavy (non-hydrogen) atoms. The summed E-state index contributed by atoms with van der Waals surface area (Å²) < 4.78 is 1.82. The Balaban J connectivity index is 1.46. The fourth-order valence-electron chi connectivity index (χ4n) is 3.69. The molecule has 4 heterocycles. The van der Waals surface area contributed by atoms with Crippen molar-refractivity contribution in [2.45, 2.75) is 13.3 Å². The van der Waals surface area contributed by atoms with Gasteiger partial charge in [-0.1, -0.05) is 13.0 Å². The van der Waals surface area contributed by atoms with E-state index in [-0.39, 0.29) is 0 Å². The van der Waals surface area contributed by atoms with Crippen LogP contribution in [0.2, 0.25) is 0 Å². The third kappa shape index (κ3) is 2.49. The van der Waals surface area contributed by atoms with E-state index in [0.717, 1.165) is 58.6 Å². The van der Waals surface area contributed by atoms with Crippen molar-refractivity contribution < 1.29 is 0 Å². The Labute approximate surface area is 152 Å². The second-order valence-corrected chi connectivity index (χ2v) is 7.20. The molecule has 0 aliphatic carbocycles. The zero-order valence-electron chi connectivity index (χ0n) is 14.9. The zero-order valence-corrected chi connectivity index (χ0v) is 14.9. The normalized spacial score (nSPS) is 18.5. The predicted octanol–water partition coefficient (Wildman–Crippen LogP) is 3.21. The summed E-state index contributed by atoms with van der Waals surface area (Å²) in [7, 11) is 1.93. The van der Waals surface area contributed by atoms with Gasteiger partial charge in [0.05, 0.1) is 23.3 Å². The molecule has 6 nitrogen and oxygen atoms in total. The summed E-state index contributed by atoms with van der Waals surface area (Å²) in [4.78, 5) is 15.9. The molecule has 1 unspecified atom stereocenters. The molecule has 1 atom stereocenters. The van der Waals surface area contributed by atoms with Gasteiger partial charge >= 0.3 is 0 Å². The first-order valence-corrected chi connectivity index (χ1v) is 8.97. The standard InChI is InChI=1S/C20H20N6/c1-13-5-6-26(10-13)19-8-18(21-12-22-19)20-16-7-14(3-4-17(16)24-20)15-9-23-25(2)11-15/h3-4,7-9,11-13H,5-6,10H2,1-2H3. The topological polar surface area (TPSA) is 59.2 Å². The summed E-state index contributed by atoms with van der Waals surface area (Å²) in [6.07, 6.45) is 6.78. The number of hydrogen-bond acceptors (Lipinski definition) is 5. The number of hydrogen-bond donors (Lipinski definition) is 0. The molecule has 0 bridgehead atoms. The van der Waals surface area contributed by atoms with E-state index in [1.807, 2.05) is 24.1 Å². The van der Waals surface area contributed by atoms with Gasteiger partial charge in [0.2, 0.25) is 0 Å². The summed E-state index contributed by atoms with van der Waals surface area (Å²) in [6, 6.07) is 8.39. The van der Waals surface area contributed by atoms with Crippen LogP contribution < -0.4 is 4.90 Å². The molecule has 1 saturated heterocycles. The van der Waals surface area contributed by atoms with Crippen molar-refractivity contribution >= 4 is 17.2 Å². The summed E-state index contributed by atoms with van der Waals surface area (Å²) >= 11 is 0. The lowest BCUT2D eigenvalue weighted by Gasteiger charge is -2.21. The average molecular weight is 344 g/mol. The highest BCUT2D eigenvalue weighted by molar-refractivity contribution is 6.21. The number of anilines is 1. The summed E-state index contributed by atoms with van der Waals surface area (Å²) in [5.41, 5.74) is 6.25. The van der Waals surface area contributed by atoms with Gasteiger partial charge in [-0.15, -0.1) is 0 Å². The van der Waals surface area contributed by atoms with Crippen LogP contribution >= 0.6 is 0 Å². The van der Waals surface area contributed by atoms with Crippen molar-refractivity contribution in [1.82, 2.24) is 19.7 Å². The van der Waals surface area contributed by atoms with Gasteiger partial charge in [0, 0.05) is 43.5 Å². The number of rotatable bonds is 3. The largest absolute Gasteiger partial charge is 0.356 e. The van der Waals surface area contributed by atoms with Crippen LogP contribution in [0.4, 0.5) is 11.5 Å². The molecule has 2 aliphatic heterocycles. The molecule has 2 aliphatic rings. The Kier molecular flexibility index (Phi) is 3.38. The molecule has 1 aromatic carbocycles. The molecule has 0 N–H and O–H groups in total. The molecule has 0 spiro atoms. The van der Waals surface area contributed by atoms with Crippen LogP contribution in [0.1, 0.15) is 24.6 Å². The van der Waals surface area contributed by atoms with Crippen LogP contribution in [0.5, 0.6) is 0 Å². The lowest BCUT2D eigenvalue weighted by molar-refractivity contribution is 0.659. The van der Waals surface area contributed by atoms with Gasteiger partial charge in [-0.2, -0.15) is 5.10 Å². The third-order valence-electron chi connectivity index (χ3n) is 5.17. The smallest absolute Gasteiger partial charge is 0.132 e. The van der Waals surface area contributed by atoms with Crippen molar-refractivity contribution in [2.24, 2.45) is 18.0 Å². The second-order valence-electron chi connectivity index (χ2n) is 7.20. The third-order valence-corrected chi connectivity index (χ3v) is 5.17. The minimum Gasteiger partial charge on any atom is -0.356 e. The number of nitrogens with zero attached hydrogens (tertiary/aromatic N) is 6. The predicted molar refractivity (Wildman–Crippen MR) is 102 cm³/mol. The lowest BCUT2D eigenvalue weighted by Crippen LogP contribution is -2.21. The van der Waals surface area contributed by atoms with Gasteiger partial charge in [-0.3, -0.25) is 4.68 Å². The van der Waals surface area contributed by atoms with Crippen LogP contribution in [-0.2, 0) is 7.05 Å². The van der Waals surface area contributed by atoms with Gasteiger partial charge in [0.15, 0.2) is 0 Å². The van der Waals surface area contributed by atoms with Crippen molar-refractivity contribution in [3.63, 3.8) is 0 Å². The van der Waals surface area contributed by atoms with Gasteiger partial charge in [0.25, 0.3) is 0 Å². The molecule has 3 aromatic rings. The quantitative estimate of drug-likeness (QED) is 0.573. The number of aromatic nitrogens is 4. The van der Waals surface area contributed by atoms with Gasteiger partial charge < -0.3 is 4.90 Å². The SMILES string of the molecule is CC1CCN(c2cc(C3=Nc4ccc(-c5cnn(C)c5)cc43)ncn2)C1. The molecule has 0 saturated carbocycles. The maximum Gasteiger partial charge on any atom is 0.132 e. The molecule has 1 fully saturated rings.